The van der Waals surface area contributed by atoms with E-state index in [1.807, 2.05) is 11.8 Å². The zero-order valence-corrected chi connectivity index (χ0v) is 11.7. The number of pyridine rings is 1. The first-order chi connectivity index (χ1) is 9.02. The van der Waals surface area contributed by atoms with Crippen LogP contribution in [0.5, 0.6) is 0 Å². The van der Waals surface area contributed by atoms with E-state index in [-0.39, 0.29) is 5.91 Å². The van der Waals surface area contributed by atoms with Crippen molar-refractivity contribution in [3.8, 4) is 0 Å². The van der Waals surface area contributed by atoms with E-state index in [0.717, 1.165) is 25.3 Å². The number of nitrogens with zero attached hydrogens (tertiary/aromatic N) is 3. The highest BCUT2D eigenvalue weighted by molar-refractivity contribution is 5.99. The van der Waals surface area contributed by atoms with Crippen LogP contribution in [0.25, 0.3) is 0 Å². The number of carbonyl (C=O) groups is 1. The minimum atomic E-state index is -0.0135. The molecule has 0 radical (unpaired) electrons. The molecule has 1 aliphatic rings. The van der Waals surface area contributed by atoms with Crippen LogP contribution in [0.15, 0.2) is 12.3 Å². The van der Waals surface area contributed by atoms with Crippen LogP contribution >= 0.6 is 0 Å². The summed E-state index contributed by atoms with van der Waals surface area (Å²) in [5.41, 5.74) is 4.57. The zero-order valence-electron chi connectivity index (χ0n) is 11.7. The van der Waals surface area contributed by atoms with Crippen LogP contribution in [-0.4, -0.2) is 53.4 Å². The first-order valence-electron chi connectivity index (χ1n) is 6.45. The highest BCUT2D eigenvalue weighted by Crippen LogP contribution is 2.18. The van der Waals surface area contributed by atoms with Gasteiger partial charge in [0, 0.05) is 37.6 Å². The number of piperazine rings is 1. The molecule has 0 aliphatic carbocycles. The summed E-state index contributed by atoms with van der Waals surface area (Å²) in [6.45, 7) is 6.34. The zero-order chi connectivity index (χ0) is 14.0. The second-order valence-corrected chi connectivity index (χ2v) is 5.10. The molecule has 1 fully saturated rings. The molecule has 1 aromatic rings. The Hall–Kier alpha value is -1.66. The predicted molar refractivity (Wildman–Crippen MR) is 74.8 cm³/mol. The Balaban J connectivity index is 2.20. The van der Waals surface area contributed by atoms with Crippen molar-refractivity contribution in [3.63, 3.8) is 0 Å². The van der Waals surface area contributed by atoms with Gasteiger partial charge in [-0.25, -0.2) is 0 Å². The van der Waals surface area contributed by atoms with Crippen molar-refractivity contribution in [2.45, 2.75) is 19.9 Å². The molecule has 6 heteroatoms. The molecule has 2 rings (SSSR count). The fourth-order valence-electron chi connectivity index (χ4n) is 2.25. The Labute approximate surface area is 113 Å². The third kappa shape index (κ3) is 2.85. The molecule has 1 unspecified atom stereocenters. The van der Waals surface area contributed by atoms with Crippen molar-refractivity contribution < 1.29 is 4.79 Å². The van der Waals surface area contributed by atoms with Gasteiger partial charge < -0.3 is 15.2 Å². The van der Waals surface area contributed by atoms with Gasteiger partial charge in [-0.2, -0.15) is 0 Å². The molecule has 0 saturated carbocycles. The number of nitrogen functional groups attached to an aromatic ring is 1. The molecule has 19 heavy (non-hydrogen) atoms. The van der Waals surface area contributed by atoms with E-state index >= 15 is 0 Å². The molecule has 1 amide bonds. The monoisotopic (exact) mass is 263 g/mol. The lowest BCUT2D eigenvalue weighted by Crippen LogP contribution is -2.52. The largest absolute Gasteiger partial charge is 0.336 e. The average molecular weight is 263 g/mol. The van der Waals surface area contributed by atoms with Crippen molar-refractivity contribution in [2.75, 3.05) is 32.1 Å². The van der Waals surface area contributed by atoms with Gasteiger partial charge in [0.15, 0.2) is 0 Å². The number of anilines is 1. The van der Waals surface area contributed by atoms with Crippen LogP contribution in [-0.2, 0) is 0 Å². The summed E-state index contributed by atoms with van der Waals surface area (Å²) < 4.78 is 0. The van der Waals surface area contributed by atoms with Crippen LogP contribution in [0.4, 0.5) is 5.69 Å². The molecular weight excluding hydrogens is 242 g/mol. The van der Waals surface area contributed by atoms with Crippen molar-refractivity contribution >= 4 is 11.6 Å². The van der Waals surface area contributed by atoms with Crippen LogP contribution in [0.2, 0.25) is 0 Å². The Kier molecular flexibility index (Phi) is 4.01. The van der Waals surface area contributed by atoms with Gasteiger partial charge in [0.1, 0.15) is 0 Å². The van der Waals surface area contributed by atoms with Crippen molar-refractivity contribution in [2.24, 2.45) is 5.84 Å². The average Bonchev–Trinajstić information content (AvgIpc) is 2.41. The SMILES string of the molecule is Cc1cc(NN)c(C(=O)N2CCN(C)C(C)C2)cn1. The fraction of sp³-hybridized carbons (Fsp3) is 0.538. The number of rotatable bonds is 2. The quantitative estimate of drug-likeness (QED) is 0.598. The van der Waals surface area contributed by atoms with Crippen molar-refractivity contribution in [1.82, 2.24) is 14.8 Å². The summed E-state index contributed by atoms with van der Waals surface area (Å²) in [6.07, 6.45) is 1.59. The maximum Gasteiger partial charge on any atom is 0.257 e. The Bertz CT molecular complexity index is 476. The normalized spacial score (nSPS) is 20.4. The van der Waals surface area contributed by atoms with Crippen LogP contribution in [0, 0.1) is 6.92 Å². The van der Waals surface area contributed by atoms with Crippen LogP contribution in [0.3, 0.4) is 0 Å². The number of hydrogen-bond acceptors (Lipinski definition) is 5. The number of amides is 1. The number of aryl methyl sites for hydroxylation is 1. The smallest absolute Gasteiger partial charge is 0.257 e. The number of likely N-dealkylation sites (N-methyl/N-ethyl adjacent to an activating group) is 1. The number of hydrogen-bond donors (Lipinski definition) is 2. The Morgan fingerprint density at radius 1 is 1.53 bits per heavy atom. The van der Waals surface area contributed by atoms with Gasteiger partial charge >= 0.3 is 0 Å². The fourth-order valence-corrected chi connectivity index (χ4v) is 2.25. The van der Waals surface area contributed by atoms with E-state index in [0.29, 0.717) is 17.3 Å². The first kappa shape index (κ1) is 13.8. The first-order valence-corrected chi connectivity index (χ1v) is 6.45. The minimum absolute atomic E-state index is 0.0135. The molecule has 3 N–H and O–H groups in total. The lowest BCUT2D eigenvalue weighted by atomic mass is 10.1. The number of carbonyl (C=O) groups excluding carboxylic acids is 1. The molecule has 6 nitrogen and oxygen atoms in total. The van der Waals surface area contributed by atoms with Gasteiger partial charge in [-0.1, -0.05) is 0 Å². The Morgan fingerprint density at radius 3 is 2.89 bits per heavy atom. The highest BCUT2D eigenvalue weighted by atomic mass is 16.2. The second-order valence-electron chi connectivity index (χ2n) is 5.10. The molecule has 2 heterocycles. The van der Waals surface area contributed by atoms with Gasteiger partial charge in [0.05, 0.1) is 11.3 Å². The number of aromatic nitrogens is 1. The van der Waals surface area contributed by atoms with E-state index in [9.17, 15) is 4.79 Å². The third-order valence-electron chi connectivity index (χ3n) is 3.67. The number of nitrogens with two attached hydrogens (primary N) is 1. The van der Waals surface area contributed by atoms with E-state index in [4.69, 9.17) is 5.84 Å². The molecule has 1 saturated heterocycles. The summed E-state index contributed by atoms with van der Waals surface area (Å²) in [5, 5.41) is 0. The van der Waals surface area contributed by atoms with Gasteiger partial charge in [-0.05, 0) is 27.0 Å². The van der Waals surface area contributed by atoms with Crippen molar-refractivity contribution in [1.29, 1.82) is 0 Å². The molecular formula is C13H21N5O. The minimum Gasteiger partial charge on any atom is -0.336 e. The van der Waals surface area contributed by atoms with Gasteiger partial charge in [-0.15, -0.1) is 0 Å². The van der Waals surface area contributed by atoms with Gasteiger partial charge in [0.2, 0.25) is 0 Å². The van der Waals surface area contributed by atoms with E-state index in [2.05, 4.69) is 29.3 Å². The molecule has 0 aromatic carbocycles. The summed E-state index contributed by atoms with van der Waals surface area (Å²) in [4.78, 5) is 20.8. The van der Waals surface area contributed by atoms with E-state index < -0.39 is 0 Å². The number of nitrogens with one attached hydrogen (secondary N) is 1. The maximum atomic E-state index is 12.5. The van der Waals surface area contributed by atoms with Crippen LogP contribution in [0.1, 0.15) is 23.0 Å². The molecule has 0 bridgehead atoms. The topological polar surface area (TPSA) is 74.5 Å². The van der Waals surface area contributed by atoms with Crippen LogP contribution < -0.4 is 11.3 Å². The van der Waals surface area contributed by atoms with E-state index in [1.54, 1.807) is 12.3 Å². The van der Waals surface area contributed by atoms with E-state index in [1.165, 1.54) is 0 Å². The summed E-state index contributed by atoms with van der Waals surface area (Å²) in [6, 6.07) is 2.15. The molecule has 1 aromatic heterocycles. The molecule has 0 spiro atoms. The Morgan fingerprint density at radius 2 is 2.26 bits per heavy atom. The maximum absolute atomic E-state index is 12.5. The molecule has 104 valence electrons. The number of hydrazine groups is 1. The lowest BCUT2D eigenvalue weighted by molar-refractivity contribution is 0.0573. The summed E-state index contributed by atoms with van der Waals surface area (Å²) >= 11 is 0. The molecule has 1 atom stereocenters. The van der Waals surface area contributed by atoms with Gasteiger partial charge in [-0.3, -0.25) is 15.6 Å². The summed E-state index contributed by atoms with van der Waals surface area (Å²) in [5.74, 6) is 5.47. The van der Waals surface area contributed by atoms with Gasteiger partial charge in [0.25, 0.3) is 5.91 Å². The standard InChI is InChI=1S/C13H21N5O/c1-9-6-12(16-14)11(7-15-9)13(19)18-5-4-17(3)10(2)8-18/h6-7,10H,4-5,8,14H2,1-3H3,(H,15,16). The second kappa shape index (κ2) is 5.54. The summed E-state index contributed by atoms with van der Waals surface area (Å²) in [7, 11) is 2.08. The third-order valence-corrected chi connectivity index (χ3v) is 3.67. The highest BCUT2D eigenvalue weighted by Gasteiger charge is 2.26. The predicted octanol–water partition coefficient (Wildman–Crippen LogP) is 0.452. The lowest BCUT2D eigenvalue weighted by Gasteiger charge is -2.37. The van der Waals surface area contributed by atoms with Crippen molar-refractivity contribution in [3.05, 3.63) is 23.5 Å². The molecule has 1 aliphatic heterocycles.